The first-order chi connectivity index (χ1) is 14.5. The van der Waals surface area contributed by atoms with Crippen molar-refractivity contribution in [2.45, 2.75) is 13.8 Å². The van der Waals surface area contributed by atoms with E-state index in [0.717, 1.165) is 30.6 Å². The number of nitrogens with one attached hydrogen (secondary N) is 1. The standard InChI is InChI=1S/C21H24N6O2S/c1-3-27(4-2)10-9-24-21-25-17(14-11-12-7-5-6-8-13(12)29-14)15-16(22)18(19(23)28)30-20(15)26-21/h5-8,11H,3-4,9-10,22H2,1-2H3,(H2,23,28)(H,24,25,26). The van der Waals surface area contributed by atoms with Crippen molar-refractivity contribution in [3.8, 4) is 11.5 Å². The zero-order valence-corrected chi connectivity index (χ0v) is 17.8. The van der Waals surface area contributed by atoms with Gasteiger partial charge in [-0.1, -0.05) is 32.0 Å². The number of para-hydroxylation sites is 1. The van der Waals surface area contributed by atoms with Gasteiger partial charge in [-0.25, -0.2) is 9.97 Å². The molecule has 0 fully saturated rings. The zero-order valence-electron chi connectivity index (χ0n) is 16.9. The number of nitrogens with zero attached hydrogens (tertiary/aromatic N) is 3. The number of rotatable bonds is 8. The quantitative estimate of drug-likeness (QED) is 0.395. The average Bonchev–Trinajstić information content (AvgIpc) is 3.32. The maximum atomic E-state index is 11.8. The monoisotopic (exact) mass is 424 g/mol. The van der Waals surface area contributed by atoms with Crippen LogP contribution in [0, 0.1) is 0 Å². The van der Waals surface area contributed by atoms with Gasteiger partial charge in [0.15, 0.2) is 5.76 Å². The van der Waals surface area contributed by atoms with E-state index in [9.17, 15) is 4.79 Å². The first-order valence-corrected chi connectivity index (χ1v) is 10.7. The van der Waals surface area contributed by atoms with Gasteiger partial charge in [0.25, 0.3) is 5.91 Å². The van der Waals surface area contributed by atoms with Gasteiger partial charge >= 0.3 is 0 Å². The maximum absolute atomic E-state index is 11.8. The fourth-order valence-corrected chi connectivity index (χ4v) is 4.37. The molecule has 1 aromatic carbocycles. The number of hydrogen-bond acceptors (Lipinski definition) is 8. The molecule has 1 amide bonds. The lowest BCUT2D eigenvalue weighted by Crippen LogP contribution is -2.29. The number of anilines is 2. The van der Waals surface area contributed by atoms with Crippen LogP contribution in [-0.2, 0) is 0 Å². The molecule has 0 aliphatic rings. The molecule has 3 heterocycles. The summed E-state index contributed by atoms with van der Waals surface area (Å²) >= 11 is 1.17. The number of hydrogen-bond donors (Lipinski definition) is 3. The summed E-state index contributed by atoms with van der Waals surface area (Å²) in [5.41, 5.74) is 13.3. The van der Waals surface area contributed by atoms with Crippen LogP contribution < -0.4 is 16.8 Å². The van der Waals surface area contributed by atoms with E-state index in [4.69, 9.17) is 15.9 Å². The highest BCUT2D eigenvalue weighted by atomic mass is 32.1. The summed E-state index contributed by atoms with van der Waals surface area (Å²) in [5.74, 6) is 0.445. The molecular weight excluding hydrogens is 400 g/mol. The van der Waals surface area contributed by atoms with Crippen LogP contribution in [0.4, 0.5) is 11.6 Å². The SMILES string of the molecule is CCN(CC)CCNc1nc(-c2cc3ccccc3o2)c2c(N)c(C(N)=O)sc2n1. The lowest BCUT2D eigenvalue weighted by molar-refractivity contribution is 0.100. The van der Waals surface area contributed by atoms with E-state index in [1.54, 1.807) is 0 Å². The number of thiophene rings is 1. The second kappa shape index (κ2) is 8.29. The van der Waals surface area contributed by atoms with Crippen molar-refractivity contribution in [1.82, 2.24) is 14.9 Å². The van der Waals surface area contributed by atoms with Gasteiger partial charge in [0, 0.05) is 18.5 Å². The summed E-state index contributed by atoms with van der Waals surface area (Å²) in [6.45, 7) is 7.78. The van der Waals surface area contributed by atoms with Gasteiger partial charge in [0.2, 0.25) is 5.95 Å². The van der Waals surface area contributed by atoms with E-state index in [-0.39, 0.29) is 10.6 Å². The van der Waals surface area contributed by atoms with Crippen LogP contribution in [0.3, 0.4) is 0 Å². The molecule has 0 aliphatic carbocycles. The van der Waals surface area contributed by atoms with Crippen LogP contribution in [0.25, 0.3) is 32.6 Å². The van der Waals surface area contributed by atoms with Crippen molar-refractivity contribution in [3.05, 3.63) is 35.2 Å². The molecule has 0 spiro atoms. The Hall–Kier alpha value is -3.17. The molecule has 0 unspecified atom stereocenters. The largest absolute Gasteiger partial charge is 0.454 e. The Morgan fingerprint density at radius 1 is 1.23 bits per heavy atom. The van der Waals surface area contributed by atoms with Crippen molar-refractivity contribution >= 4 is 50.1 Å². The fourth-order valence-electron chi connectivity index (χ4n) is 3.43. The molecule has 9 heteroatoms. The van der Waals surface area contributed by atoms with Crippen LogP contribution in [0.2, 0.25) is 0 Å². The number of aromatic nitrogens is 2. The number of benzene rings is 1. The number of fused-ring (bicyclic) bond motifs is 2. The minimum absolute atomic E-state index is 0.275. The highest BCUT2D eigenvalue weighted by Crippen LogP contribution is 2.40. The van der Waals surface area contributed by atoms with Gasteiger partial charge < -0.3 is 26.1 Å². The Labute approximate surface area is 177 Å². The van der Waals surface area contributed by atoms with Gasteiger partial charge in [-0.2, -0.15) is 0 Å². The molecule has 3 aromatic heterocycles. The van der Waals surface area contributed by atoms with Crippen LogP contribution in [0.1, 0.15) is 23.5 Å². The molecule has 0 saturated carbocycles. The Bertz CT molecular complexity index is 1180. The lowest BCUT2D eigenvalue weighted by atomic mass is 10.1. The molecule has 0 aliphatic heterocycles. The van der Waals surface area contributed by atoms with Crippen LogP contribution in [0.5, 0.6) is 0 Å². The molecule has 156 valence electrons. The van der Waals surface area contributed by atoms with Crippen molar-refractivity contribution in [2.24, 2.45) is 5.73 Å². The Morgan fingerprint density at radius 2 is 2.00 bits per heavy atom. The normalized spacial score (nSPS) is 11.6. The highest BCUT2D eigenvalue weighted by molar-refractivity contribution is 7.21. The lowest BCUT2D eigenvalue weighted by Gasteiger charge is -2.18. The Balaban J connectivity index is 1.80. The molecule has 5 N–H and O–H groups in total. The number of amides is 1. The first kappa shape index (κ1) is 20.1. The van der Waals surface area contributed by atoms with Gasteiger partial charge in [-0.3, -0.25) is 4.79 Å². The van der Waals surface area contributed by atoms with E-state index in [2.05, 4.69) is 34.0 Å². The average molecular weight is 425 g/mol. The summed E-state index contributed by atoms with van der Waals surface area (Å²) in [6.07, 6.45) is 0. The zero-order chi connectivity index (χ0) is 21.3. The molecule has 4 aromatic rings. The van der Waals surface area contributed by atoms with Crippen LogP contribution in [0.15, 0.2) is 34.7 Å². The number of nitrogen functional groups attached to an aromatic ring is 1. The first-order valence-electron chi connectivity index (χ1n) is 9.86. The summed E-state index contributed by atoms with van der Waals surface area (Å²) in [7, 11) is 0. The smallest absolute Gasteiger partial charge is 0.260 e. The second-order valence-corrected chi connectivity index (χ2v) is 7.89. The van der Waals surface area contributed by atoms with E-state index in [1.807, 2.05) is 30.3 Å². The number of carbonyl (C=O) groups is 1. The Morgan fingerprint density at radius 3 is 2.70 bits per heavy atom. The maximum Gasteiger partial charge on any atom is 0.260 e. The summed E-state index contributed by atoms with van der Waals surface area (Å²) in [6, 6.07) is 9.64. The second-order valence-electron chi connectivity index (χ2n) is 6.89. The number of likely N-dealkylation sites (N-methyl/N-ethyl adjacent to an activating group) is 1. The summed E-state index contributed by atoms with van der Waals surface area (Å²) in [5, 5.41) is 4.82. The van der Waals surface area contributed by atoms with Crippen LogP contribution in [-0.4, -0.2) is 47.0 Å². The van der Waals surface area contributed by atoms with Gasteiger partial charge in [-0.05, 0) is 25.2 Å². The molecule has 0 bridgehead atoms. The molecule has 0 radical (unpaired) electrons. The highest BCUT2D eigenvalue weighted by Gasteiger charge is 2.22. The number of carbonyl (C=O) groups excluding carboxylic acids is 1. The van der Waals surface area contributed by atoms with Crippen molar-refractivity contribution in [1.29, 1.82) is 0 Å². The molecule has 0 saturated heterocycles. The van der Waals surface area contributed by atoms with Gasteiger partial charge in [-0.15, -0.1) is 11.3 Å². The third-order valence-electron chi connectivity index (χ3n) is 5.08. The predicted octanol–water partition coefficient (Wildman–Crippen LogP) is 3.54. The van der Waals surface area contributed by atoms with E-state index < -0.39 is 5.91 Å². The third kappa shape index (κ3) is 3.69. The fraction of sp³-hybridized carbons (Fsp3) is 0.286. The van der Waals surface area contributed by atoms with Crippen molar-refractivity contribution in [3.63, 3.8) is 0 Å². The van der Waals surface area contributed by atoms with Crippen molar-refractivity contribution in [2.75, 3.05) is 37.2 Å². The van der Waals surface area contributed by atoms with E-state index in [1.165, 1.54) is 11.3 Å². The van der Waals surface area contributed by atoms with E-state index in [0.29, 0.717) is 34.2 Å². The van der Waals surface area contributed by atoms with Crippen molar-refractivity contribution < 1.29 is 9.21 Å². The molecule has 4 rings (SSSR count). The molecule has 8 nitrogen and oxygen atoms in total. The number of nitrogens with two attached hydrogens (primary N) is 2. The Kier molecular flexibility index (Phi) is 5.56. The number of furan rings is 1. The van der Waals surface area contributed by atoms with Crippen LogP contribution >= 0.6 is 11.3 Å². The molecule has 30 heavy (non-hydrogen) atoms. The van der Waals surface area contributed by atoms with Gasteiger partial charge in [0.1, 0.15) is 21.0 Å². The number of primary amides is 1. The van der Waals surface area contributed by atoms with E-state index >= 15 is 0 Å². The third-order valence-corrected chi connectivity index (χ3v) is 6.19. The summed E-state index contributed by atoms with van der Waals surface area (Å²) in [4.78, 5) is 24.3. The minimum Gasteiger partial charge on any atom is -0.454 e. The topological polar surface area (TPSA) is 123 Å². The molecule has 0 atom stereocenters. The minimum atomic E-state index is -0.581. The summed E-state index contributed by atoms with van der Waals surface area (Å²) < 4.78 is 6.03. The predicted molar refractivity (Wildman–Crippen MR) is 122 cm³/mol. The van der Waals surface area contributed by atoms with Gasteiger partial charge in [0.05, 0.1) is 11.1 Å². The molecular formula is C21H24N6O2S.